The van der Waals surface area contributed by atoms with E-state index in [4.69, 9.17) is 4.42 Å². The van der Waals surface area contributed by atoms with Crippen molar-refractivity contribution in [2.24, 2.45) is 7.05 Å². The largest absolute Gasteiger partial charge is 0.419 e. The molecule has 8 heteroatoms. The molecule has 1 aromatic carbocycles. The fraction of sp³-hybridized carbons (Fsp3) is 0.350. The number of nitrogens with zero attached hydrogens (tertiary/aromatic N) is 4. The lowest BCUT2D eigenvalue weighted by Crippen LogP contribution is -2.38. The minimum absolute atomic E-state index is 0.148. The van der Waals surface area contributed by atoms with Crippen LogP contribution in [0.4, 0.5) is 16.2 Å². The minimum Gasteiger partial charge on any atom is -0.408 e. The molecule has 0 bridgehead atoms. The fourth-order valence-corrected chi connectivity index (χ4v) is 3.52. The highest BCUT2D eigenvalue weighted by Gasteiger charge is 2.20. The lowest BCUT2D eigenvalue weighted by atomic mass is 10.3. The molecule has 1 aliphatic heterocycles. The maximum Gasteiger partial charge on any atom is 0.419 e. The lowest BCUT2D eigenvalue weighted by Gasteiger charge is -2.24. The number of urea groups is 1. The molecule has 146 valence electrons. The predicted molar refractivity (Wildman–Crippen MR) is 108 cm³/mol. The average molecular weight is 381 g/mol. The number of nitrogens with one attached hydrogen (secondary N) is 1. The zero-order chi connectivity index (χ0) is 19.7. The van der Waals surface area contributed by atoms with Crippen LogP contribution in [0.3, 0.4) is 0 Å². The second-order valence-electron chi connectivity index (χ2n) is 7.02. The van der Waals surface area contributed by atoms with E-state index in [0.717, 1.165) is 30.9 Å². The van der Waals surface area contributed by atoms with Crippen LogP contribution < -0.4 is 16.0 Å². The summed E-state index contributed by atoms with van der Waals surface area (Å²) in [6.07, 6.45) is 2.71. The molecular formula is C20H23N5O3. The number of benzene rings is 1. The molecular weight excluding hydrogens is 358 g/mol. The summed E-state index contributed by atoms with van der Waals surface area (Å²) in [5.41, 5.74) is 3.89. The van der Waals surface area contributed by atoms with Gasteiger partial charge in [0, 0.05) is 62.6 Å². The number of hydrogen-bond acceptors (Lipinski definition) is 5. The maximum absolute atomic E-state index is 12.7. The van der Waals surface area contributed by atoms with Gasteiger partial charge in [-0.1, -0.05) is 0 Å². The summed E-state index contributed by atoms with van der Waals surface area (Å²) in [4.78, 5) is 32.7. The molecule has 0 aliphatic carbocycles. The van der Waals surface area contributed by atoms with Gasteiger partial charge in [0.15, 0.2) is 5.58 Å². The summed E-state index contributed by atoms with van der Waals surface area (Å²) in [5.74, 6) is -0.419. The van der Waals surface area contributed by atoms with Gasteiger partial charge in [0.25, 0.3) is 0 Å². The molecule has 3 heterocycles. The Morgan fingerprint density at radius 3 is 2.82 bits per heavy atom. The van der Waals surface area contributed by atoms with Crippen molar-refractivity contribution in [3.05, 3.63) is 52.8 Å². The van der Waals surface area contributed by atoms with Crippen molar-refractivity contribution in [3.63, 3.8) is 0 Å². The topological polar surface area (TPSA) is 83.6 Å². The first-order chi connectivity index (χ1) is 13.5. The van der Waals surface area contributed by atoms with E-state index in [1.54, 1.807) is 25.2 Å². The highest BCUT2D eigenvalue weighted by molar-refractivity contribution is 5.91. The second kappa shape index (κ2) is 7.38. The number of fused-ring (bicyclic) bond motifs is 1. The van der Waals surface area contributed by atoms with Crippen LogP contribution >= 0.6 is 0 Å². The Balaban J connectivity index is 1.43. The van der Waals surface area contributed by atoms with E-state index < -0.39 is 5.76 Å². The second-order valence-corrected chi connectivity index (χ2v) is 7.02. The van der Waals surface area contributed by atoms with E-state index in [0.29, 0.717) is 29.9 Å². The summed E-state index contributed by atoms with van der Waals surface area (Å²) < 4.78 is 6.63. The standard InChI is InChI=1S/C20H23N5O3/c1-14-12-16(6-7-21-14)24-8-3-9-25(11-10-24)19(26)22-15-4-5-17-18(13-15)28-20(27)23(17)2/h4-7,12-13H,3,8-11H2,1-2H3,(H,22,26). The summed E-state index contributed by atoms with van der Waals surface area (Å²) in [6, 6.07) is 9.15. The van der Waals surface area contributed by atoms with Crippen LogP contribution in [-0.4, -0.2) is 46.7 Å². The number of pyridine rings is 1. The highest BCUT2D eigenvalue weighted by Crippen LogP contribution is 2.20. The minimum atomic E-state index is -0.419. The van der Waals surface area contributed by atoms with Crippen LogP contribution in [0.25, 0.3) is 11.1 Å². The van der Waals surface area contributed by atoms with Crippen LogP contribution in [0, 0.1) is 6.92 Å². The normalized spacial score (nSPS) is 14.9. The Kier molecular flexibility index (Phi) is 4.77. The number of aryl methyl sites for hydroxylation is 2. The first-order valence-electron chi connectivity index (χ1n) is 9.34. The van der Waals surface area contributed by atoms with Crippen molar-refractivity contribution < 1.29 is 9.21 Å². The van der Waals surface area contributed by atoms with Gasteiger partial charge in [0.2, 0.25) is 0 Å². The average Bonchev–Trinajstić information content (AvgIpc) is 2.86. The number of oxazole rings is 1. The van der Waals surface area contributed by atoms with Gasteiger partial charge in [0.1, 0.15) is 0 Å². The summed E-state index contributed by atoms with van der Waals surface area (Å²) >= 11 is 0. The molecule has 3 aromatic rings. The zero-order valence-corrected chi connectivity index (χ0v) is 16.0. The maximum atomic E-state index is 12.7. The molecule has 0 radical (unpaired) electrons. The Morgan fingerprint density at radius 2 is 2.00 bits per heavy atom. The molecule has 0 unspecified atom stereocenters. The van der Waals surface area contributed by atoms with Crippen molar-refractivity contribution in [3.8, 4) is 0 Å². The van der Waals surface area contributed by atoms with Crippen molar-refractivity contribution >= 4 is 28.5 Å². The number of hydrogen-bond donors (Lipinski definition) is 1. The Hall–Kier alpha value is -3.29. The van der Waals surface area contributed by atoms with Gasteiger partial charge in [-0.2, -0.15) is 0 Å². The molecule has 1 N–H and O–H groups in total. The number of carbonyl (C=O) groups is 1. The van der Waals surface area contributed by atoms with Crippen molar-refractivity contribution in [1.29, 1.82) is 0 Å². The van der Waals surface area contributed by atoms with Crippen LogP contribution in [0.15, 0.2) is 45.7 Å². The number of carbonyl (C=O) groups excluding carboxylic acids is 1. The third-order valence-corrected chi connectivity index (χ3v) is 5.07. The number of rotatable bonds is 2. The molecule has 0 saturated carbocycles. The summed E-state index contributed by atoms with van der Waals surface area (Å²) in [6.45, 7) is 4.97. The Labute approximate surface area is 162 Å². The number of aromatic nitrogens is 2. The van der Waals surface area contributed by atoms with E-state index in [1.807, 2.05) is 24.1 Å². The van der Waals surface area contributed by atoms with Gasteiger partial charge in [0.05, 0.1) is 5.52 Å². The first kappa shape index (κ1) is 18.1. The summed E-state index contributed by atoms with van der Waals surface area (Å²) in [7, 11) is 1.65. The van der Waals surface area contributed by atoms with Gasteiger partial charge in [-0.05, 0) is 37.6 Å². The third kappa shape index (κ3) is 3.58. The summed E-state index contributed by atoms with van der Waals surface area (Å²) in [5, 5.41) is 2.91. The lowest BCUT2D eigenvalue weighted by molar-refractivity contribution is 0.215. The first-order valence-corrected chi connectivity index (χ1v) is 9.34. The molecule has 0 spiro atoms. The molecule has 4 rings (SSSR count). The molecule has 2 aromatic heterocycles. The van der Waals surface area contributed by atoms with E-state index in [9.17, 15) is 9.59 Å². The van der Waals surface area contributed by atoms with Gasteiger partial charge >= 0.3 is 11.8 Å². The monoisotopic (exact) mass is 381 g/mol. The van der Waals surface area contributed by atoms with E-state index in [2.05, 4.69) is 21.3 Å². The molecule has 28 heavy (non-hydrogen) atoms. The van der Waals surface area contributed by atoms with Crippen molar-refractivity contribution in [2.75, 3.05) is 36.4 Å². The van der Waals surface area contributed by atoms with Crippen molar-refractivity contribution in [1.82, 2.24) is 14.5 Å². The molecule has 2 amide bonds. The smallest absolute Gasteiger partial charge is 0.408 e. The predicted octanol–water partition coefficient (Wildman–Crippen LogP) is 2.58. The quantitative estimate of drug-likeness (QED) is 0.738. The molecule has 1 fully saturated rings. The Morgan fingerprint density at radius 1 is 1.14 bits per heavy atom. The van der Waals surface area contributed by atoms with Gasteiger partial charge in [-0.15, -0.1) is 0 Å². The van der Waals surface area contributed by atoms with E-state index >= 15 is 0 Å². The van der Waals surface area contributed by atoms with Crippen LogP contribution in [0.5, 0.6) is 0 Å². The van der Waals surface area contributed by atoms with Crippen LogP contribution in [-0.2, 0) is 7.05 Å². The van der Waals surface area contributed by atoms with Crippen LogP contribution in [0.1, 0.15) is 12.1 Å². The zero-order valence-electron chi connectivity index (χ0n) is 16.0. The van der Waals surface area contributed by atoms with E-state index in [-0.39, 0.29) is 6.03 Å². The number of amides is 2. The SMILES string of the molecule is Cc1cc(N2CCCN(C(=O)Nc3ccc4c(c3)oc(=O)n4C)CC2)ccn1. The molecule has 0 atom stereocenters. The fourth-order valence-electron chi connectivity index (χ4n) is 3.52. The molecule has 8 nitrogen and oxygen atoms in total. The highest BCUT2D eigenvalue weighted by atomic mass is 16.4. The van der Waals surface area contributed by atoms with Gasteiger partial charge in [-0.25, -0.2) is 9.59 Å². The molecule has 1 aliphatic rings. The number of anilines is 2. The van der Waals surface area contributed by atoms with E-state index in [1.165, 1.54) is 4.57 Å². The third-order valence-electron chi connectivity index (χ3n) is 5.07. The Bertz CT molecular complexity index is 1070. The van der Waals surface area contributed by atoms with Crippen LogP contribution in [0.2, 0.25) is 0 Å². The van der Waals surface area contributed by atoms with Gasteiger partial charge < -0.3 is 19.5 Å². The van der Waals surface area contributed by atoms with Gasteiger partial charge in [-0.3, -0.25) is 9.55 Å². The molecule has 1 saturated heterocycles. The van der Waals surface area contributed by atoms with Crippen molar-refractivity contribution in [2.45, 2.75) is 13.3 Å².